The van der Waals surface area contributed by atoms with Gasteiger partial charge in [-0.15, -0.1) is 0 Å². The van der Waals surface area contributed by atoms with E-state index < -0.39 is 0 Å². The molecule has 20 heavy (non-hydrogen) atoms. The molecule has 0 aromatic heterocycles. The maximum atomic E-state index is 12.3. The lowest BCUT2D eigenvalue weighted by molar-refractivity contribution is -0.133. The Bertz CT molecular complexity index is 352. The van der Waals surface area contributed by atoms with Gasteiger partial charge in [0.15, 0.2) is 0 Å². The van der Waals surface area contributed by atoms with E-state index >= 15 is 0 Å². The van der Waals surface area contributed by atoms with E-state index in [4.69, 9.17) is 0 Å². The molecule has 3 fully saturated rings. The van der Waals surface area contributed by atoms with Crippen molar-refractivity contribution in [1.82, 2.24) is 20.0 Å². The normalized spacial score (nSPS) is 32.0. The van der Waals surface area contributed by atoms with Crippen LogP contribution in [0.15, 0.2) is 0 Å². The van der Waals surface area contributed by atoms with Gasteiger partial charge >= 0.3 is 0 Å². The summed E-state index contributed by atoms with van der Waals surface area (Å²) < 4.78 is 0. The van der Waals surface area contributed by atoms with Gasteiger partial charge in [0.2, 0.25) is 5.91 Å². The molecular formula is C15H28N4O. The van der Waals surface area contributed by atoms with Crippen LogP contribution in [-0.4, -0.2) is 85.0 Å². The molecule has 0 aromatic rings. The number of carbonyl (C=O) groups excluding carboxylic acids is 1. The van der Waals surface area contributed by atoms with Crippen LogP contribution in [0.25, 0.3) is 0 Å². The van der Waals surface area contributed by atoms with Crippen LogP contribution < -0.4 is 5.32 Å². The maximum absolute atomic E-state index is 12.3. The molecule has 0 radical (unpaired) electrons. The van der Waals surface area contributed by atoms with Crippen molar-refractivity contribution in [2.45, 2.75) is 44.3 Å². The Labute approximate surface area is 122 Å². The van der Waals surface area contributed by atoms with Gasteiger partial charge in [-0.25, -0.2) is 0 Å². The standard InChI is InChI=1S/C15H28N4O/c1-12-9-14(10-19(12)13-3-4-13)17(2)11-15(20)18-7-5-16-6-8-18/h12-14,16H,3-11H2,1-2H3. The first kappa shape index (κ1) is 14.3. The first-order chi connectivity index (χ1) is 9.65. The molecule has 2 heterocycles. The maximum Gasteiger partial charge on any atom is 0.236 e. The lowest BCUT2D eigenvalue weighted by Gasteiger charge is -2.31. The lowest BCUT2D eigenvalue weighted by Crippen LogP contribution is -2.50. The number of piperazine rings is 1. The number of likely N-dealkylation sites (N-methyl/N-ethyl adjacent to an activating group) is 1. The van der Waals surface area contributed by atoms with E-state index in [0.717, 1.165) is 38.8 Å². The van der Waals surface area contributed by atoms with Gasteiger partial charge in [0, 0.05) is 50.8 Å². The SMILES string of the molecule is CC1CC(N(C)CC(=O)N2CCNCC2)CN1C1CC1. The second kappa shape index (κ2) is 6.00. The number of amides is 1. The monoisotopic (exact) mass is 280 g/mol. The van der Waals surface area contributed by atoms with Gasteiger partial charge in [0.1, 0.15) is 0 Å². The highest BCUT2D eigenvalue weighted by molar-refractivity contribution is 5.78. The number of hydrogen-bond acceptors (Lipinski definition) is 4. The molecule has 5 heteroatoms. The van der Waals surface area contributed by atoms with E-state index in [2.05, 4.69) is 29.1 Å². The average molecular weight is 280 g/mol. The fourth-order valence-electron chi connectivity index (χ4n) is 3.62. The molecule has 1 N–H and O–H groups in total. The summed E-state index contributed by atoms with van der Waals surface area (Å²) in [5.41, 5.74) is 0. The number of nitrogens with zero attached hydrogens (tertiary/aromatic N) is 3. The van der Waals surface area contributed by atoms with Gasteiger partial charge in [-0.05, 0) is 33.2 Å². The highest BCUT2D eigenvalue weighted by Gasteiger charge is 2.40. The minimum absolute atomic E-state index is 0.298. The second-order valence-electron chi connectivity index (χ2n) is 6.71. The third kappa shape index (κ3) is 3.15. The number of rotatable bonds is 4. The van der Waals surface area contributed by atoms with Crippen molar-refractivity contribution >= 4 is 5.91 Å². The molecule has 1 amide bonds. The lowest BCUT2D eigenvalue weighted by atomic mass is 10.1. The Kier molecular flexibility index (Phi) is 4.29. The molecule has 3 rings (SSSR count). The van der Waals surface area contributed by atoms with Crippen LogP contribution in [0, 0.1) is 0 Å². The molecule has 3 aliphatic rings. The molecule has 1 aliphatic carbocycles. The summed E-state index contributed by atoms with van der Waals surface area (Å²) >= 11 is 0. The zero-order chi connectivity index (χ0) is 14.1. The summed E-state index contributed by atoms with van der Waals surface area (Å²) in [5, 5.41) is 3.29. The Balaban J connectivity index is 1.48. The van der Waals surface area contributed by atoms with E-state index in [0.29, 0.717) is 24.5 Å². The van der Waals surface area contributed by atoms with Crippen LogP contribution in [0.5, 0.6) is 0 Å². The highest BCUT2D eigenvalue weighted by atomic mass is 16.2. The fourth-order valence-corrected chi connectivity index (χ4v) is 3.62. The van der Waals surface area contributed by atoms with E-state index in [9.17, 15) is 4.79 Å². The fraction of sp³-hybridized carbons (Fsp3) is 0.933. The van der Waals surface area contributed by atoms with E-state index in [1.165, 1.54) is 19.3 Å². The van der Waals surface area contributed by atoms with Gasteiger partial charge in [-0.3, -0.25) is 14.6 Å². The Hall–Kier alpha value is -0.650. The van der Waals surface area contributed by atoms with E-state index in [1.54, 1.807) is 0 Å². The van der Waals surface area contributed by atoms with Crippen LogP contribution in [0.4, 0.5) is 0 Å². The third-order valence-electron chi connectivity index (χ3n) is 5.09. The minimum atomic E-state index is 0.298. The first-order valence-electron chi connectivity index (χ1n) is 8.09. The van der Waals surface area contributed by atoms with Crippen LogP contribution >= 0.6 is 0 Å². The summed E-state index contributed by atoms with van der Waals surface area (Å²) in [6, 6.07) is 2.08. The molecule has 0 spiro atoms. The smallest absolute Gasteiger partial charge is 0.236 e. The van der Waals surface area contributed by atoms with Gasteiger partial charge in [-0.1, -0.05) is 0 Å². The largest absolute Gasteiger partial charge is 0.339 e. The van der Waals surface area contributed by atoms with Gasteiger partial charge in [0.05, 0.1) is 6.54 Å². The van der Waals surface area contributed by atoms with Crippen LogP contribution in [-0.2, 0) is 4.79 Å². The third-order valence-corrected chi connectivity index (χ3v) is 5.09. The molecule has 2 unspecified atom stereocenters. The molecule has 5 nitrogen and oxygen atoms in total. The van der Waals surface area contributed by atoms with E-state index in [1.807, 2.05) is 4.90 Å². The van der Waals surface area contributed by atoms with Crippen molar-refractivity contribution in [1.29, 1.82) is 0 Å². The predicted molar refractivity (Wildman–Crippen MR) is 79.7 cm³/mol. The topological polar surface area (TPSA) is 38.8 Å². The van der Waals surface area contributed by atoms with Crippen molar-refractivity contribution < 1.29 is 4.79 Å². The highest BCUT2D eigenvalue weighted by Crippen LogP contribution is 2.34. The van der Waals surface area contributed by atoms with Crippen molar-refractivity contribution in [2.24, 2.45) is 0 Å². The van der Waals surface area contributed by atoms with Crippen molar-refractivity contribution in [3.05, 3.63) is 0 Å². The predicted octanol–water partition coefficient (Wildman–Crippen LogP) is -0.0248. The quantitative estimate of drug-likeness (QED) is 0.785. The van der Waals surface area contributed by atoms with Crippen LogP contribution in [0.3, 0.4) is 0 Å². The zero-order valence-corrected chi connectivity index (χ0v) is 12.8. The van der Waals surface area contributed by atoms with Gasteiger partial charge < -0.3 is 10.2 Å². The minimum Gasteiger partial charge on any atom is -0.339 e. The van der Waals surface area contributed by atoms with Crippen molar-refractivity contribution in [3.8, 4) is 0 Å². The summed E-state index contributed by atoms with van der Waals surface area (Å²) in [7, 11) is 2.12. The Morgan fingerprint density at radius 1 is 1.30 bits per heavy atom. The van der Waals surface area contributed by atoms with Crippen LogP contribution in [0.1, 0.15) is 26.2 Å². The number of nitrogens with one attached hydrogen (secondary N) is 1. The zero-order valence-electron chi connectivity index (χ0n) is 12.8. The number of carbonyl (C=O) groups is 1. The molecule has 1 saturated carbocycles. The Morgan fingerprint density at radius 2 is 2.00 bits per heavy atom. The summed E-state index contributed by atoms with van der Waals surface area (Å²) in [6.45, 7) is 7.66. The average Bonchev–Trinajstić information content (AvgIpc) is 3.22. The molecule has 2 atom stereocenters. The molecule has 114 valence electrons. The van der Waals surface area contributed by atoms with Crippen LogP contribution in [0.2, 0.25) is 0 Å². The number of hydrogen-bond donors (Lipinski definition) is 1. The summed E-state index contributed by atoms with van der Waals surface area (Å²) in [6.07, 6.45) is 3.96. The van der Waals surface area contributed by atoms with Gasteiger partial charge in [0.25, 0.3) is 0 Å². The van der Waals surface area contributed by atoms with Crippen molar-refractivity contribution in [2.75, 3.05) is 46.3 Å². The second-order valence-corrected chi connectivity index (χ2v) is 6.71. The molecule has 2 saturated heterocycles. The molecule has 0 bridgehead atoms. The molecular weight excluding hydrogens is 252 g/mol. The number of likely N-dealkylation sites (tertiary alicyclic amines) is 1. The summed E-state index contributed by atoms with van der Waals surface area (Å²) in [5.74, 6) is 0.298. The van der Waals surface area contributed by atoms with E-state index in [-0.39, 0.29) is 0 Å². The molecule has 0 aromatic carbocycles. The Morgan fingerprint density at radius 3 is 2.65 bits per heavy atom. The van der Waals surface area contributed by atoms with Gasteiger partial charge in [-0.2, -0.15) is 0 Å². The first-order valence-corrected chi connectivity index (χ1v) is 8.09. The summed E-state index contributed by atoms with van der Waals surface area (Å²) in [4.78, 5) is 19.3. The van der Waals surface area contributed by atoms with Crippen molar-refractivity contribution in [3.63, 3.8) is 0 Å². The molecule has 2 aliphatic heterocycles.